The van der Waals surface area contributed by atoms with Crippen LogP contribution in [0.2, 0.25) is 0 Å². The monoisotopic (exact) mass is 267 g/mol. The first-order valence-corrected chi connectivity index (χ1v) is 5.93. The molecule has 15 heavy (non-hydrogen) atoms. The molecule has 0 N–H and O–H groups in total. The summed E-state index contributed by atoms with van der Waals surface area (Å²) in [5, 5.41) is 0. The molecule has 0 bridgehead atoms. The summed E-state index contributed by atoms with van der Waals surface area (Å²) in [6, 6.07) is 8.31. The normalized spacial score (nSPS) is 20.3. The van der Waals surface area contributed by atoms with Crippen LogP contribution in [0.1, 0.15) is 19.4 Å². The van der Waals surface area contributed by atoms with Crippen molar-refractivity contribution in [1.82, 2.24) is 0 Å². The first kappa shape index (κ1) is 10.7. The third-order valence-electron chi connectivity index (χ3n) is 2.55. The number of rotatable bonds is 2. The molecule has 0 aliphatic carbocycles. The number of hydrogen-bond donors (Lipinski definition) is 0. The van der Waals surface area contributed by atoms with Crippen molar-refractivity contribution in [3.8, 4) is 0 Å². The summed E-state index contributed by atoms with van der Waals surface area (Å²) in [7, 11) is 0. The van der Waals surface area contributed by atoms with Crippen molar-refractivity contribution >= 4 is 21.8 Å². The van der Waals surface area contributed by atoms with E-state index < -0.39 is 0 Å². The Morgan fingerprint density at radius 2 is 2.13 bits per heavy atom. The van der Waals surface area contributed by atoms with E-state index in [0.29, 0.717) is 18.6 Å². The second-order valence-electron chi connectivity index (χ2n) is 4.04. The lowest BCUT2D eigenvalue weighted by Crippen LogP contribution is -2.13. The zero-order valence-electron chi connectivity index (χ0n) is 8.90. The Kier molecular flexibility index (Phi) is 3.10. The van der Waals surface area contributed by atoms with Crippen molar-refractivity contribution in [2.24, 2.45) is 10.9 Å². The van der Waals surface area contributed by atoms with Gasteiger partial charge in [0, 0.05) is 4.47 Å². The Labute approximate surface area is 98.5 Å². The molecule has 1 heterocycles. The second-order valence-corrected chi connectivity index (χ2v) is 4.89. The largest absolute Gasteiger partial charge is 0.475 e. The molecule has 3 heteroatoms. The van der Waals surface area contributed by atoms with Crippen LogP contribution >= 0.6 is 15.9 Å². The molecule has 2 rings (SSSR count). The van der Waals surface area contributed by atoms with Gasteiger partial charge >= 0.3 is 0 Å². The van der Waals surface area contributed by atoms with Gasteiger partial charge in [-0.2, -0.15) is 0 Å². The fourth-order valence-corrected chi connectivity index (χ4v) is 1.97. The van der Waals surface area contributed by atoms with E-state index in [1.54, 1.807) is 0 Å². The Bertz CT molecular complexity index is 387. The van der Waals surface area contributed by atoms with Crippen molar-refractivity contribution in [3.63, 3.8) is 0 Å². The third kappa shape index (κ3) is 2.23. The molecule has 0 spiro atoms. The van der Waals surface area contributed by atoms with Gasteiger partial charge in [-0.3, -0.25) is 0 Å². The molecule has 0 radical (unpaired) electrons. The Morgan fingerprint density at radius 3 is 2.73 bits per heavy atom. The summed E-state index contributed by atoms with van der Waals surface area (Å²) in [4.78, 5) is 4.58. The highest BCUT2D eigenvalue weighted by Crippen LogP contribution is 2.22. The Morgan fingerprint density at radius 1 is 1.40 bits per heavy atom. The second kappa shape index (κ2) is 4.35. The molecule has 0 saturated carbocycles. The molecule has 0 fully saturated rings. The minimum absolute atomic E-state index is 0.298. The van der Waals surface area contributed by atoms with E-state index in [9.17, 15) is 0 Å². The highest BCUT2D eigenvalue weighted by molar-refractivity contribution is 9.10. The maximum absolute atomic E-state index is 5.61. The molecular weight excluding hydrogens is 254 g/mol. The summed E-state index contributed by atoms with van der Waals surface area (Å²) in [6.07, 6.45) is 0. The fourth-order valence-electron chi connectivity index (χ4n) is 1.51. The van der Waals surface area contributed by atoms with Gasteiger partial charge in [0.25, 0.3) is 0 Å². The predicted molar refractivity (Wildman–Crippen MR) is 65.3 cm³/mol. The first-order valence-electron chi connectivity index (χ1n) is 5.14. The van der Waals surface area contributed by atoms with Crippen molar-refractivity contribution in [1.29, 1.82) is 0 Å². The summed E-state index contributed by atoms with van der Waals surface area (Å²) in [5.41, 5.74) is 1.04. The van der Waals surface area contributed by atoms with Crippen LogP contribution in [-0.4, -0.2) is 18.5 Å². The topological polar surface area (TPSA) is 21.6 Å². The molecule has 0 amide bonds. The van der Waals surface area contributed by atoms with Crippen LogP contribution in [0, 0.1) is 5.92 Å². The van der Waals surface area contributed by atoms with Crippen LogP contribution in [0.4, 0.5) is 0 Å². The molecule has 1 aliphatic heterocycles. The van der Waals surface area contributed by atoms with Crippen LogP contribution in [0.3, 0.4) is 0 Å². The smallest absolute Gasteiger partial charge is 0.217 e. The molecule has 1 aromatic carbocycles. The van der Waals surface area contributed by atoms with E-state index in [-0.39, 0.29) is 0 Å². The van der Waals surface area contributed by atoms with Crippen LogP contribution < -0.4 is 0 Å². The molecule has 0 saturated heterocycles. The zero-order valence-corrected chi connectivity index (χ0v) is 10.5. The lowest BCUT2D eigenvalue weighted by atomic mass is 10.1. The quantitative estimate of drug-likeness (QED) is 0.806. The van der Waals surface area contributed by atoms with Gasteiger partial charge in [0.05, 0.1) is 11.6 Å². The number of nitrogens with zero attached hydrogens (tertiary/aromatic N) is 1. The highest BCUT2D eigenvalue weighted by atomic mass is 79.9. The van der Waals surface area contributed by atoms with E-state index in [0.717, 1.165) is 15.9 Å². The standard InChI is InChI=1S/C12H14BrNO/c1-8(2)11-7-15-12(14-11)9-5-3-4-6-10(9)13/h3-6,8,11H,7H2,1-2H3. The molecule has 1 atom stereocenters. The minimum Gasteiger partial charge on any atom is -0.475 e. The number of halogens is 1. The molecule has 0 aromatic heterocycles. The van der Waals surface area contributed by atoms with E-state index >= 15 is 0 Å². The first-order chi connectivity index (χ1) is 7.18. The van der Waals surface area contributed by atoms with Crippen LogP contribution in [0.15, 0.2) is 33.7 Å². The molecule has 1 aromatic rings. The van der Waals surface area contributed by atoms with Gasteiger partial charge in [0.15, 0.2) is 0 Å². The van der Waals surface area contributed by atoms with Crippen molar-refractivity contribution in [2.45, 2.75) is 19.9 Å². The minimum atomic E-state index is 0.298. The third-order valence-corrected chi connectivity index (χ3v) is 3.24. The van der Waals surface area contributed by atoms with E-state index in [1.165, 1.54) is 0 Å². The fraction of sp³-hybridized carbons (Fsp3) is 0.417. The van der Waals surface area contributed by atoms with Gasteiger partial charge in [-0.05, 0) is 34.0 Å². The number of aliphatic imine (C=N–C) groups is 1. The van der Waals surface area contributed by atoms with Gasteiger partial charge in [0.2, 0.25) is 5.90 Å². The van der Waals surface area contributed by atoms with Gasteiger partial charge in [0.1, 0.15) is 6.61 Å². The summed E-state index contributed by atoms with van der Waals surface area (Å²) in [5.74, 6) is 1.30. The summed E-state index contributed by atoms with van der Waals surface area (Å²) < 4.78 is 6.65. The lowest BCUT2D eigenvalue weighted by Gasteiger charge is -2.06. The SMILES string of the molecule is CC(C)C1COC(c2ccccc2Br)=N1. The molecule has 2 nitrogen and oxygen atoms in total. The van der Waals surface area contributed by atoms with E-state index in [2.05, 4.69) is 34.8 Å². The maximum Gasteiger partial charge on any atom is 0.217 e. The van der Waals surface area contributed by atoms with Crippen molar-refractivity contribution in [2.75, 3.05) is 6.61 Å². The van der Waals surface area contributed by atoms with Gasteiger partial charge < -0.3 is 4.74 Å². The lowest BCUT2D eigenvalue weighted by molar-refractivity contribution is 0.292. The van der Waals surface area contributed by atoms with Crippen LogP contribution in [0.25, 0.3) is 0 Å². The average molecular weight is 268 g/mol. The number of hydrogen-bond acceptors (Lipinski definition) is 2. The summed E-state index contributed by atoms with van der Waals surface area (Å²) >= 11 is 3.50. The molecular formula is C12H14BrNO. The summed E-state index contributed by atoms with van der Waals surface area (Å²) in [6.45, 7) is 5.04. The zero-order chi connectivity index (χ0) is 10.8. The average Bonchev–Trinajstić information content (AvgIpc) is 2.67. The van der Waals surface area contributed by atoms with Crippen molar-refractivity contribution < 1.29 is 4.74 Å². The van der Waals surface area contributed by atoms with Gasteiger partial charge in [-0.1, -0.05) is 26.0 Å². The van der Waals surface area contributed by atoms with Gasteiger partial charge in [-0.25, -0.2) is 4.99 Å². The van der Waals surface area contributed by atoms with E-state index in [1.807, 2.05) is 24.3 Å². The number of benzene rings is 1. The van der Waals surface area contributed by atoms with Crippen LogP contribution in [0.5, 0.6) is 0 Å². The molecule has 80 valence electrons. The Hall–Kier alpha value is -0.830. The van der Waals surface area contributed by atoms with Crippen molar-refractivity contribution in [3.05, 3.63) is 34.3 Å². The predicted octanol–water partition coefficient (Wildman–Crippen LogP) is 3.25. The molecule has 1 unspecified atom stereocenters. The molecule has 1 aliphatic rings. The van der Waals surface area contributed by atoms with Gasteiger partial charge in [-0.15, -0.1) is 0 Å². The highest BCUT2D eigenvalue weighted by Gasteiger charge is 2.23. The van der Waals surface area contributed by atoms with E-state index in [4.69, 9.17) is 4.74 Å². The Balaban J connectivity index is 2.27. The van der Waals surface area contributed by atoms with Crippen LogP contribution in [-0.2, 0) is 4.74 Å². The maximum atomic E-state index is 5.61. The number of ether oxygens (including phenoxy) is 1.